The van der Waals surface area contributed by atoms with E-state index in [-0.39, 0.29) is 11.7 Å². The van der Waals surface area contributed by atoms with Crippen LogP contribution < -0.4 is 9.47 Å². The second-order valence-electron chi connectivity index (χ2n) is 5.62. The van der Waals surface area contributed by atoms with Crippen molar-refractivity contribution in [3.05, 3.63) is 42.0 Å². The lowest BCUT2D eigenvalue weighted by Crippen LogP contribution is -2.07. The van der Waals surface area contributed by atoms with Crippen LogP contribution in [0.1, 0.15) is 18.4 Å². The van der Waals surface area contributed by atoms with Gasteiger partial charge in [-0.05, 0) is 37.0 Å². The first kappa shape index (κ1) is 16.7. The Kier molecular flexibility index (Phi) is 5.01. The number of ether oxygens (including phenoxy) is 2. The zero-order valence-corrected chi connectivity index (χ0v) is 13.7. The molecule has 1 aromatic carbocycles. The average Bonchev–Trinajstić information content (AvgIpc) is 3.03. The van der Waals surface area contributed by atoms with E-state index in [1.807, 2.05) is 6.07 Å². The first-order valence-corrected chi connectivity index (χ1v) is 7.88. The molecule has 1 N–H and O–H groups in total. The molecular formula is C17H19BFNO4. The molecule has 0 radical (unpaired) electrons. The van der Waals surface area contributed by atoms with Crippen LogP contribution in [0.3, 0.4) is 0 Å². The van der Waals surface area contributed by atoms with Gasteiger partial charge in [-0.25, -0.2) is 4.39 Å². The van der Waals surface area contributed by atoms with Gasteiger partial charge in [0.1, 0.15) is 0 Å². The predicted octanol–water partition coefficient (Wildman–Crippen LogP) is 2.89. The second kappa shape index (κ2) is 7.19. The molecule has 1 aliphatic rings. The summed E-state index contributed by atoms with van der Waals surface area (Å²) < 4.78 is 30.6. The molecule has 1 atom stereocenters. The van der Waals surface area contributed by atoms with E-state index in [1.54, 1.807) is 31.5 Å². The molecule has 1 fully saturated rings. The summed E-state index contributed by atoms with van der Waals surface area (Å²) >= 11 is 0. The molecule has 126 valence electrons. The van der Waals surface area contributed by atoms with Crippen molar-refractivity contribution in [2.75, 3.05) is 20.3 Å². The first-order valence-electron chi connectivity index (χ1n) is 7.88. The summed E-state index contributed by atoms with van der Waals surface area (Å²) in [6.07, 6.45) is 3.84. The quantitative estimate of drug-likeness (QED) is 0.854. The highest BCUT2D eigenvalue weighted by molar-refractivity contribution is 6.43. The van der Waals surface area contributed by atoms with Gasteiger partial charge in [0.15, 0.2) is 17.3 Å². The van der Waals surface area contributed by atoms with Crippen LogP contribution in [0.5, 0.6) is 11.5 Å². The normalized spacial score (nSPS) is 17.2. The number of hydrogen-bond acceptors (Lipinski definition) is 5. The van der Waals surface area contributed by atoms with Crippen LogP contribution in [0.25, 0.3) is 11.1 Å². The minimum Gasteiger partial charge on any atom is -0.493 e. The molecule has 5 nitrogen and oxygen atoms in total. The Morgan fingerprint density at radius 1 is 1.42 bits per heavy atom. The molecule has 0 unspecified atom stereocenters. The lowest BCUT2D eigenvalue weighted by atomic mass is 9.80. The van der Waals surface area contributed by atoms with E-state index in [9.17, 15) is 9.41 Å². The number of methoxy groups -OCH3 is 1. The number of pyridine rings is 1. The fourth-order valence-electron chi connectivity index (χ4n) is 2.87. The Morgan fingerprint density at radius 2 is 2.25 bits per heavy atom. The fourth-order valence-corrected chi connectivity index (χ4v) is 2.87. The molecule has 0 saturated carbocycles. The molecule has 7 heteroatoms. The van der Waals surface area contributed by atoms with Gasteiger partial charge in [-0.2, -0.15) is 0 Å². The van der Waals surface area contributed by atoms with E-state index in [4.69, 9.17) is 14.1 Å². The lowest BCUT2D eigenvalue weighted by molar-refractivity contribution is 0.292. The van der Waals surface area contributed by atoms with Gasteiger partial charge in [-0.3, -0.25) is 4.98 Å². The van der Waals surface area contributed by atoms with Crippen molar-refractivity contribution in [2.24, 2.45) is 0 Å². The van der Waals surface area contributed by atoms with E-state index in [0.717, 1.165) is 5.56 Å². The van der Waals surface area contributed by atoms with Crippen LogP contribution in [-0.4, -0.2) is 37.4 Å². The van der Waals surface area contributed by atoms with Gasteiger partial charge in [0.2, 0.25) is 0 Å². The summed E-state index contributed by atoms with van der Waals surface area (Å²) in [5.74, 6) is 0.0371. The Labute approximate surface area is 140 Å². The Bertz CT molecular complexity index is 728. The lowest BCUT2D eigenvalue weighted by Gasteiger charge is -2.14. The van der Waals surface area contributed by atoms with Gasteiger partial charge in [-0.1, -0.05) is 0 Å². The van der Waals surface area contributed by atoms with Gasteiger partial charge < -0.3 is 19.2 Å². The highest BCUT2D eigenvalue weighted by Crippen LogP contribution is 2.38. The molecule has 24 heavy (non-hydrogen) atoms. The summed E-state index contributed by atoms with van der Waals surface area (Å²) in [5, 5.41) is 9.51. The number of rotatable bonds is 5. The number of halogens is 1. The minimum absolute atomic E-state index is 0.0557. The van der Waals surface area contributed by atoms with Gasteiger partial charge in [0.05, 0.1) is 13.7 Å². The molecule has 1 aromatic heterocycles. The number of benzene rings is 1. The van der Waals surface area contributed by atoms with Crippen LogP contribution >= 0.6 is 0 Å². The van der Waals surface area contributed by atoms with E-state index >= 15 is 0 Å². The van der Waals surface area contributed by atoms with Crippen LogP contribution in [0.2, 0.25) is 6.32 Å². The Hall–Kier alpha value is -2.12. The minimum atomic E-state index is -0.749. The van der Waals surface area contributed by atoms with E-state index in [0.29, 0.717) is 36.4 Å². The average molecular weight is 331 g/mol. The number of nitrogens with zero attached hydrogens (tertiary/aromatic N) is 1. The molecule has 3 rings (SSSR count). The van der Waals surface area contributed by atoms with Crippen LogP contribution in [0, 0.1) is 5.82 Å². The third kappa shape index (κ3) is 3.23. The van der Waals surface area contributed by atoms with Crippen LogP contribution in [-0.2, 0) is 4.65 Å². The topological polar surface area (TPSA) is 60.8 Å². The molecule has 2 aromatic rings. The third-order valence-corrected chi connectivity index (χ3v) is 4.09. The molecule has 0 bridgehead atoms. The Balaban J connectivity index is 1.98. The second-order valence-corrected chi connectivity index (χ2v) is 5.62. The highest BCUT2D eigenvalue weighted by atomic mass is 19.1. The van der Waals surface area contributed by atoms with Crippen molar-refractivity contribution in [3.8, 4) is 22.6 Å². The standard InChI is InChI=1S/C17H19BFNO4/c1-3-23-17-15(22-2)5-4-14(16(17)19)12-6-11(8-20-9-12)13-7-18(21)24-10-13/h4-6,8-9,13,21H,3,7,10H2,1-2H3/t13-/m1/s1. The molecule has 0 amide bonds. The smallest absolute Gasteiger partial charge is 0.454 e. The maximum absolute atomic E-state index is 14.9. The molecule has 1 saturated heterocycles. The summed E-state index contributed by atoms with van der Waals surface area (Å²) in [4.78, 5) is 4.21. The van der Waals surface area contributed by atoms with Crippen molar-refractivity contribution < 1.29 is 23.5 Å². The zero-order valence-electron chi connectivity index (χ0n) is 13.7. The Morgan fingerprint density at radius 3 is 2.92 bits per heavy atom. The summed E-state index contributed by atoms with van der Waals surface area (Å²) in [5.41, 5.74) is 1.96. The summed E-state index contributed by atoms with van der Waals surface area (Å²) in [7, 11) is 0.728. The maximum atomic E-state index is 14.9. The largest absolute Gasteiger partial charge is 0.493 e. The molecule has 0 aliphatic carbocycles. The third-order valence-electron chi connectivity index (χ3n) is 4.09. The van der Waals surface area contributed by atoms with Gasteiger partial charge in [-0.15, -0.1) is 0 Å². The highest BCUT2D eigenvalue weighted by Gasteiger charge is 2.30. The van der Waals surface area contributed by atoms with Gasteiger partial charge in [0.25, 0.3) is 0 Å². The van der Waals surface area contributed by atoms with Gasteiger partial charge in [0, 0.05) is 36.0 Å². The monoisotopic (exact) mass is 331 g/mol. The molecular weight excluding hydrogens is 312 g/mol. The van der Waals surface area contributed by atoms with Crippen LogP contribution in [0.15, 0.2) is 30.6 Å². The van der Waals surface area contributed by atoms with E-state index in [2.05, 4.69) is 4.98 Å². The molecule has 2 heterocycles. The molecule has 1 aliphatic heterocycles. The van der Waals surface area contributed by atoms with Crippen molar-refractivity contribution in [1.82, 2.24) is 4.98 Å². The van der Waals surface area contributed by atoms with E-state index < -0.39 is 12.9 Å². The first-order chi connectivity index (χ1) is 11.6. The maximum Gasteiger partial charge on any atom is 0.454 e. The predicted molar refractivity (Wildman–Crippen MR) is 88.8 cm³/mol. The fraction of sp³-hybridized carbons (Fsp3) is 0.353. The number of aromatic nitrogens is 1. The van der Waals surface area contributed by atoms with Crippen molar-refractivity contribution in [1.29, 1.82) is 0 Å². The SMILES string of the molecule is CCOc1c(OC)ccc(-c2cncc([C@H]3COB(O)C3)c2)c1F. The van der Waals surface area contributed by atoms with Gasteiger partial charge >= 0.3 is 7.12 Å². The van der Waals surface area contributed by atoms with Crippen molar-refractivity contribution in [3.63, 3.8) is 0 Å². The molecule has 0 spiro atoms. The van der Waals surface area contributed by atoms with Crippen LogP contribution in [0.4, 0.5) is 4.39 Å². The number of hydrogen-bond donors (Lipinski definition) is 1. The van der Waals surface area contributed by atoms with E-state index in [1.165, 1.54) is 7.11 Å². The summed E-state index contributed by atoms with van der Waals surface area (Å²) in [6, 6.07) is 5.20. The summed E-state index contributed by atoms with van der Waals surface area (Å²) in [6.45, 7) is 2.56. The van der Waals surface area contributed by atoms with Crippen molar-refractivity contribution >= 4 is 7.12 Å². The zero-order chi connectivity index (χ0) is 17.1. The van der Waals surface area contributed by atoms with Crippen molar-refractivity contribution in [2.45, 2.75) is 19.2 Å².